The summed E-state index contributed by atoms with van der Waals surface area (Å²) in [6.45, 7) is 2.48. The highest BCUT2D eigenvalue weighted by Crippen LogP contribution is 2.29. The third-order valence-corrected chi connectivity index (χ3v) is 6.74. The maximum absolute atomic E-state index is 12.9. The number of thioether (sulfide) groups is 1. The number of hydrogen-bond acceptors (Lipinski definition) is 5. The van der Waals surface area contributed by atoms with Crippen LogP contribution in [0.3, 0.4) is 0 Å². The second kappa shape index (κ2) is 9.04. The van der Waals surface area contributed by atoms with E-state index >= 15 is 0 Å². The van der Waals surface area contributed by atoms with E-state index in [9.17, 15) is 4.79 Å². The Morgan fingerprint density at radius 3 is 2.75 bits per heavy atom. The summed E-state index contributed by atoms with van der Waals surface area (Å²) in [7, 11) is 0. The third-order valence-electron chi connectivity index (χ3n) is 5.66. The number of benzene rings is 2. The van der Waals surface area contributed by atoms with E-state index in [2.05, 4.69) is 39.8 Å². The van der Waals surface area contributed by atoms with Crippen molar-refractivity contribution in [2.45, 2.75) is 43.1 Å². The van der Waals surface area contributed by atoms with Crippen LogP contribution in [-0.2, 0) is 24.2 Å². The van der Waals surface area contributed by atoms with Gasteiger partial charge in [0, 0.05) is 5.69 Å². The van der Waals surface area contributed by atoms with E-state index in [0.29, 0.717) is 23.3 Å². The smallest absolute Gasteiger partial charge is 0.237 e. The largest absolute Gasteiger partial charge is 0.461 e. The van der Waals surface area contributed by atoms with E-state index < -0.39 is 0 Å². The van der Waals surface area contributed by atoms with Crippen molar-refractivity contribution < 1.29 is 9.21 Å². The van der Waals surface area contributed by atoms with Crippen LogP contribution in [0.15, 0.2) is 76.5 Å². The van der Waals surface area contributed by atoms with Crippen molar-refractivity contribution in [1.29, 1.82) is 0 Å². The number of carbonyl (C=O) groups excluding carboxylic acids is 1. The van der Waals surface area contributed by atoms with Gasteiger partial charge in [-0.15, -0.1) is 10.2 Å². The molecule has 32 heavy (non-hydrogen) atoms. The van der Waals surface area contributed by atoms with Gasteiger partial charge >= 0.3 is 0 Å². The predicted octanol–water partition coefficient (Wildman–Crippen LogP) is 5.19. The molecular weight excluding hydrogens is 420 g/mol. The number of nitrogens with one attached hydrogen (secondary N) is 1. The molecule has 2 aromatic heterocycles. The molecular formula is C25H24N4O2S. The lowest BCUT2D eigenvalue weighted by molar-refractivity contribution is -0.115. The summed E-state index contributed by atoms with van der Waals surface area (Å²) >= 11 is 1.40. The van der Waals surface area contributed by atoms with Gasteiger partial charge in [-0.25, -0.2) is 0 Å². The molecule has 2 heterocycles. The Kier molecular flexibility index (Phi) is 5.81. The summed E-state index contributed by atoms with van der Waals surface area (Å²) in [6, 6.07) is 20.0. The van der Waals surface area contributed by atoms with Gasteiger partial charge in [-0.2, -0.15) is 0 Å². The Morgan fingerprint density at radius 1 is 1.09 bits per heavy atom. The Labute approximate surface area is 191 Å². The number of furan rings is 1. The van der Waals surface area contributed by atoms with Crippen molar-refractivity contribution in [3.63, 3.8) is 0 Å². The number of amides is 1. The number of hydrogen-bond donors (Lipinski definition) is 1. The molecule has 0 aliphatic heterocycles. The number of rotatable bonds is 7. The fourth-order valence-electron chi connectivity index (χ4n) is 3.98. The van der Waals surface area contributed by atoms with Crippen molar-refractivity contribution in [2.75, 3.05) is 5.32 Å². The molecule has 0 saturated carbocycles. The Hall–Kier alpha value is -3.32. The molecule has 0 spiro atoms. The zero-order valence-corrected chi connectivity index (χ0v) is 18.6. The van der Waals surface area contributed by atoms with Gasteiger partial charge in [0.05, 0.1) is 18.1 Å². The normalized spacial score (nSPS) is 13.7. The van der Waals surface area contributed by atoms with Gasteiger partial charge in [-0.1, -0.05) is 48.2 Å². The molecule has 7 heteroatoms. The van der Waals surface area contributed by atoms with Gasteiger partial charge in [0.15, 0.2) is 10.9 Å². The summed E-state index contributed by atoms with van der Waals surface area (Å²) in [5.74, 6) is 1.24. The van der Waals surface area contributed by atoms with Gasteiger partial charge in [0.25, 0.3) is 0 Å². The molecule has 162 valence electrons. The van der Waals surface area contributed by atoms with Crippen LogP contribution in [-0.4, -0.2) is 25.9 Å². The highest BCUT2D eigenvalue weighted by molar-refractivity contribution is 8.00. The Morgan fingerprint density at radius 2 is 1.94 bits per heavy atom. The van der Waals surface area contributed by atoms with E-state index in [0.717, 1.165) is 24.1 Å². The average molecular weight is 445 g/mol. The summed E-state index contributed by atoms with van der Waals surface area (Å²) in [5, 5.41) is 12.1. The van der Waals surface area contributed by atoms with Gasteiger partial charge in [-0.3, -0.25) is 9.36 Å². The maximum atomic E-state index is 12.9. The van der Waals surface area contributed by atoms with Gasteiger partial charge < -0.3 is 9.73 Å². The van der Waals surface area contributed by atoms with Crippen LogP contribution in [0, 0.1) is 0 Å². The standard InChI is InChI=1S/C25H24N4O2S/c1-17(24(30)26-21-13-12-19-9-5-10-20(19)15-21)32-25-28-27-23(22-11-6-14-31-22)29(25)16-18-7-3-2-4-8-18/h2-4,6-8,11-15,17H,5,9-10,16H2,1H3,(H,26,30). The molecule has 6 nitrogen and oxygen atoms in total. The molecule has 1 atom stereocenters. The summed E-state index contributed by atoms with van der Waals surface area (Å²) in [6.07, 6.45) is 5.02. The second-order valence-electron chi connectivity index (χ2n) is 7.94. The summed E-state index contributed by atoms with van der Waals surface area (Å²) in [4.78, 5) is 12.9. The second-order valence-corrected chi connectivity index (χ2v) is 9.25. The maximum Gasteiger partial charge on any atom is 0.237 e. The highest BCUT2D eigenvalue weighted by atomic mass is 32.2. The SMILES string of the molecule is CC(Sc1nnc(-c2ccco2)n1Cc1ccccc1)C(=O)Nc1ccc2c(c1)CCC2. The van der Waals surface area contributed by atoms with Crippen molar-refractivity contribution >= 4 is 23.4 Å². The van der Waals surface area contributed by atoms with E-state index in [4.69, 9.17) is 4.42 Å². The van der Waals surface area contributed by atoms with E-state index in [1.165, 1.54) is 29.3 Å². The molecule has 0 bridgehead atoms. The zero-order chi connectivity index (χ0) is 21.9. The van der Waals surface area contributed by atoms with Crippen LogP contribution in [0.5, 0.6) is 0 Å². The van der Waals surface area contributed by atoms with Gasteiger partial charge in [-0.05, 0) is 67.1 Å². The highest BCUT2D eigenvalue weighted by Gasteiger charge is 2.22. The Balaban J connectivity index is 1.35. The molecule has 5 rings (SSSR count). The summed E-state index contributed by atoms with van der Waals surface area (Å²) < 4.78 is 7.57. The number of anilines is 1. The molecule has 4 aromatic rings. The molecule has 2 aromatic carbocycles. The van der Waals surface area contributed by atoms with E-state index in [1.54, 1.807) is 6.26 Å². The first-order valence-electron chi connectivity index (χ1n) is 10.8. The minimum atomic E-state index is -0.341. The lowest BCUT2D eigenvalue weighted by atomic mass is 10.1. The van der Waals surface area contributed by atoms with Crippen LogP contribution in [0.25, 0.3) is 11.6 Å². The number of fused-ring (bicyclic) bond motifs is 1. The fourth-order valence-corrected chi connectivity index (χ4v) is 4.83. The van der Waals surface area contributed by atoms with Crippen molar-refractivity contribution in [3.8, 4) is 11.6 Å². The monoisotopic (exact) mass is 444 g/mol. The quantitative estimate of drug-likeness (QED) is 0.397. The van der Waals surface area contributed by atoms with Gasteiger partial charge in [0.2, 0.25) is 11.7 Å². The molecule has 0 saturated heterocycles. The van der Waals surface area contributed by atoms with Crippen molar-refractivity contribution in [1.82, 2.24) is 14.8 Å². The van der Waals surface area contributed by atoms with E-state index in [1.807, 2.05) is 47.9 Å². The van der Waals surface area contributed by atoms with Crippen LogP contribution >= 0.6 is 11.8 Å². The topological polar surface area (TPSA) is 73.0 Å². The van der Waals surface area contributed by atoms with Crippen LogP contribution in [0.1, 0.15) is 30.0 Å². The number of aryl methyl sites for hydroxylation is 2. The fraction of sp³-hybridized carbons (Fsp3) is 0.240. The first kappa shape index (κ1) is 20.6. The minimum Gasteiger partial charge on any atom is -0.461 e. The number of carbonyl (C=O) groups is 1. The van der Waals surface area contributed by atoms with E-state index in [-0.39, 0.29) is 11.2 Å². The van der Waals surface area contributed by atoms with Crippen molar-refractivity contribution in [3.05, 3.63) is 83.6 Å². The number of nitrogens with zero attached hydrogens (tertiary/aromatic N) is 3. The average Bonchev–Trinajstić information content (AvgIpc) is 3.56. The predicted molar refractivity (Wildman–Crippen MR) is 126 cm³/mol. The molecule has 0 fully saturated rings. The summed E-state index contributed by atoms with van der Waals surface area (Å²) in [5.41, 5.74) is 4.71. The molecule has 1 aliphatic rings. The lowest BCUT2D eigenvalue weighted by Crippen LogP contribution is -2.23. The van der Waals surface area contributed by atoms with Crippen molar-refractivity contribution in [2.24, 2.45) is 0 Å². The molecule has 0 radical (unpaired) electrons. The van der Waals surface area contributed by atoms with Crippen LogP contribution in [0.2, 0.25) is 0 Å². The first-order valence-corrected chi connectivity index (χ1v) is 11.7. The molecule has 1 aliphatic carbocycles. The van der Waals surface area contributed by atoms with Crippen LogP contribution < -0.4 is 5.32 Å². The minimum absolute atomic E-state index is 0.0539. The molecule has 1 unspecified atom stereocenters. The first-order chi connectivity index (χ1) is 15.7. The van der Waals surface area contributed by atoms with Gasteiger partial charge in [0.1, 0.15) is 0 Å². The Bertz CT molecular complexity index is 1220. The number of aromatic nitrogens is 3. The molecule has 1 amide bonds. The third kappa shape index (κ3) is 4.34. The molecule has 1 N–H and O–H groups in total. The van der Waals surface area contributed by atoms with Crippen LogP contribution in [0.4, 0.5) is 5.69 Å². The zero-order valence-electron chi connectivity index (χ0n) is 17.8. The lowest BCUT2D eigenvalue weighted by Gasteiger charge is -2.14.